The van der Waals surface area contributed by atoms with Gasteiger partial charge < -0.3 is 14.2 Å². The molecule has 0 bridgehead atoms. The summed E-state index contributed by atoms with van der Waals surface area (Å²) < 4.78 is 28.0. The number of carbonyl (C=O) groups is 1. The van der Waals surface area contributed by atoms with Crippen LogP contribution in [-0.4, -0.2) is 33.4 Å². The lowest BCUT2D eigenvalue weighted by Crippen LogP contribution is -2.22. The molecule has 0 saturated carbocycles. The standard InChI is InChI=1S/C11H13FO4/c1-14-11(15-2)7-16-10-4-8(6-13)3-9(12)5-10/h3-6,11H,7H2,1-2H3. The first kappa shape index (κ1) is 12.6. The van der Waals surface area contributed by atoms with Gasteiger partial charge >= 0.3 is 0 Å². The highest BCUT2D eigenvalue weighted by molar-refractivity contribution is 5.75. The molecule has 0 aliphatic heterocycles. The summed E-state index contributed by atoms with van der Waals surface area (Å²) in [7, 11) is 2.94. The van der Waals surface area contributed by atoms with Gasteiger partial charge in [-0.2, -0.15) is 0 Å². The molecule has 0 N–H and O–H groups in total. The molecule has 0 aliphatic rings. The van der Waals surface area contributed by atoms with Crippen molar-refractivity contribution < 1.29 is 23.4 Å². The summed E-state index contributed by atoms with van der Waals surface area (Å²) in [6.45, 7) is 0.120. The summed E-state index contributed by atoms with van der Waals surface area (Å²) in [4.78, 5) is 10.5. The van der Waals surface area contributed by atoms with E-state index in [0.717, 1.165) is 6.07 Å². The van der Waals surface area contributed by atoms with Crippen LogP contribution in [0.15, 0.2) is 18.2 Å². The predicted molar refractivity (Wildman–Crippen MR) is 55.1 cm³/mol. The number of hydrogen-bond acceptors (Lipinski definition) is 4. The Balaban J connectivity index is 2.66. The Morgan fingerprint density at radius 3 is 2.56 bits per heavy atom. The molecular formula is C11H13FO4. The topological polar surface area (TPSA) is 44.8 Å². The number of carbonyl (C=O) groups excluding carboxylic acids is 1. The van der Waals surface area contributed by atoms with E-state index in [1.165, 1.54) is 26.4 Å². The molecule has 0 amide bonds. The van der Waals surface area contributed by atoms with Crippen molar-refractivity contribution in [1.29, 1.82) is 0 Å². The van der Waals surface area contributed by atoms with Gasteiger partial charge in [0.2, 0.25) is 0 Å². The molecule has 0 radical (unpaired) electrons. The molecule has 1 aromatic rings. The third-order valence-corrected chi connectivity index (χ3v) is 1.94. The number of rotatable bonds is 6. The van der Waals surface area contributed by atoms with Crippen LogP contribution in [0.2, 0.25) is 0 Å². The lowest BCUT2D eigenvalue weighted by molar-refractivity contribution is -0.122. The fourth-order valence-corrected chi connectivity index (χ4v) is 1.13. The number of aldehydes is 1. The molecule has 0 heterocycles. The highest BCUT2D eigenvalue weighted by atomic mass is 19.1. The minimum atomic E-state index is -0.525. The zero-order valence-electron chi connectivity index (χ0n) is 9.10. The van der Waals surface area contributed by atoms with E-state index in [0.29, 0.717) is 6.29 Å². The van der Waals surface area contributed by atoms with Crippen molar-refractivity contribution in [2.45, 2.75) is 6.29 Å². The van der Waals surface area contributed by atoms with Crippen LogP contribution in [0.3, 0.4) is 0 Å². The first-order valence-electron chi connectivity index (χ1n) is 4.63. The van der Waals surface area contributed by atoms with Crippen molar-refractivity contribution in [1.82, 2.24) is 0 Å². The fourth-order valence-electron chi connectivity index (χ4n) is 1.13. The molecule has 4 nitrogen and oxygen atoms in total. The van der Waals surface area contributed by atoms with Crippen molar-refractivity contribution in [3.8, 4) is 5.75 Å². The van der Waals surface area contributed by atoms with Gasteiger partial charge in [0.05, 0.1) is 0 Å². The summed E-state index contributed by atoms with van der Waals surface area (Å²) in [6, 6.07) is 3.76. The molecule has 5 heteroatoms. The van der Waals surface area contributed by atoms with E-state index in [-0.39, 0.29) is 17.9 Å². The maximum atomic E-state index is 13.0. The summed E-state index contributed by atoms with van der Waals surface area (Å²) in [5, 5.41) is 0. The molecule has 0 aliphatic carbocycles. The lowest BCUT2D eigenvalue weighted by atomic mass is 10.2. The Hall–Kier alpha value is -1.46. The molecule has 16 heavy (non-hydrogen) atoms. The van der Waals surface area contributed by atoms with E-state index in [4.69, 9.17) is 14.2 Å². The van der Waals surface area contributed by atoms with Crippen LogP contribution in [0, 0.1) is 5.82 Å². The molecular weight excluding hydrogens is 215 g/mol. The Bertz CT molecular complexity index is 350. The fraction of sp³-hybridized carbons (Fsp3) is 0.364. The molecule has 1 aromatic carbocycles. The lowest BCUT2D eigenvalue weighted by Gasteiger charge is -2.14. The molecule has 0 saturated heterocycles. The SMILES string of the molecule is COC(COc1cc(F)cc(C=O)c1)OC. The van der Waals surface area contributed by atoms with Crippen LogP contribution in [0.1, 0.15) is 10.4 Å². The third kappa shape index (κ3) is 3.60. The maximum Gasteiger partial charge on any atom is 0.191 e. The van der Waals surface area contributed by atoms with Gasteiger partial charge in [0.25, 0.3) is 0 Å². The van der Waals surface area contributed by atoms with Crippen LogP contribution in [0.4, 0.5) is 4.39 Å². The van der Waals surface area contributed by atoms with Crippen molar-refractivity contribution in [2.24, 2.45) is 0 Å². The van der Waals surface area contributed by atoms with Crippen molar-refractivity contribution in [3.05, 3.63) is 29.6 Å². The average Bonchev–Trinajstić information content (AvgIpc) is 2.29. The molecule has 0 fully saturated rings. The molecule has 1 rings (SSSR count). The third-order valence-electron chi connectivity index (χ3n) is 1.94. The monoisotopic (exact) mass is 228 g/mol. The summed E-state index contributed by atoms with van der Waals surface area (Å²) in [5.41, 5.74) is 0.224. The second-order valence-corrected chi connectivity index (χ2v) is 3.05. The van der Waals surface area contributed by atoms with Gasteiger partial charge in [-0.15, -0.1) is 0 Å². The van der Waals surface area contributed by atoms with Crippen LogP contribution < -0.4 is 4.74 Å². The highest BCUT2D eigenvalue weighted by Crippen LogP contribution is 2.15. The number of ether oxygens (including phenoxy) is 3. The zero-order valence-corrected chi connectivity index (χ0v) is 9.10. The van der Waals surface area contributed by atoms with Crippen LogP contribution in [0.25, 0.3) is 0 Å². The second-order valence-electron chi connectivity index (χ2n) is 3.05. The molecule has 0 unspecified atom stereocenters. The van der Waals surface area contributed by atoms with Gasteiger partial charge in [-0.3, -0.25) is 4.79 Å². The summed E-state index contributed by atoms with van der Waals surface area (Å²) in [5.74, 6) is -0.257. The smallest absolute Gasteiger partial charge is 0.191 e. The van der Waals surface area contributed by atoms with Crippen molar-refractivity contribution in [3.63, 3.8) is 0 Å². The minimum absolute atomic E-state index is 0.120. The van der Waals surface area contributed by atoms with E-state index in [2.05, 4.69) is 0 Å². The van der Waals surface area contributed by atoms with E-state index in [9.17, 15) is 9.18 Å². The number of benzene rings is 1. The zero-order chi connectivity index (χ0) is 12.0. The minimum Gasteiger partial charge on any atom is -0.488 e. The predicted octanol–water partition coefficient (Wildman–Crippen LogP) is 1.64. The van der Waals surface area contributed by atoms with E-state index < -0.39 is 12.1 Å². The van der Waals surface area contributed by atoms with E-state index >= 15 is 0 Å². The quantitative estimate of drug-likeness (QED) is 0.548. The van der Waals surface area contributed by atoms with Gasteiger partial charge in [0.1, 0.15) is 24.5 Å². The Kier molecular flexibility index (Phi) is 4.88. The van der Waals surface area contributed by atoms with Gasteiger partial charge in [-0.05, 0) is 12.1 Å². The van der Waals surface area contributed by atoms with Crippen molar-refractivity contribution >= 4 is 6.29 Å². The number of hydrogen-bond donors (Lipinski definition) is 0. The Morgan fingerprint density at radius 1 is 1.31 bits per heavy atom. The highest BCUT2D eigenvalue weighted by Gasteiger charge is 2.07. The number of halogens is 1. The van der Waals surface area contributed by atoms with E-state index in [1.54, 1.807) is 0 Å². The molecule has 0 spiro atoms. The Labute approximate surface area is 92.9 Å². The average molecular weight is 228 g/mol. The summed E-state index contributed by atoms with van der Waals surface area (Å²) in [6.07, 6.45) is 0.0306. The van der Waals surface area contributed by atoms with Crippen LogP contribution in [0.5, 0.6) is 5.75 Å². The Morgan fingerprint density at radius 2 is 2.00 bits per heavy atom. The van der Waals surface area contributed by atoms with Gasteiger partial charge in [-0.25, -0.2) is 4.39 Å². The van der Waals surface area contributed by atoms with E-state index in [1.807, 2.05) is 0 Å². The van der Waals surface area contributed by atoms with Crippen LogP contribution >= 0.6 is 0 Å². The first-order valence-corrected chi connectivity index (χ1v) is 4.63. The largest absolute Gasteiger partial charge is 0.488 e. The molecule has 0 aromatic heterocycles. The van der Waals surface area contributed by atoms with Gasteiger partial charge in [-0.1, -0.05) is 0 Å². The van der Waals surface area contributed by atoms with Gasteiger partial charge in [0, 0.05) is 25.8 Å². The second kappa shape index (κ2) is 6.19. The van der Waals surface area contributed by atoms with Crippen LogP contribution in [-0.2, 0) is 9.47 Å². The van der Waals surface area contributed by atoms with Gasteiger partial charge in [0.15, 0.2) is 6.29 Å². The maximum absolute atomic E-state index is 13.0. The molecule has 0 atom stereocenters. The first-order chi connectivity index (χ1) is 7.69. The number of methoxy groups -OCH3 is 2. The van der Waals surface area contributed by atoms with Crippen molar-refractivity contribution in [2.75, 3.05) is 20.8 Å². The molecule has 88 valence electrons. The normalized spacial score (nSPS) is 10.5. The summed E-state index contributed by atoms with van der Waals surface area (Å²) >= 11 is 0.